The predicted octanol–water partition coefficient (Wildman–Crippen LogP) is 1.21. The highest BCUT2D eigenvalue weighted by Crippen LogP contribution is 2.28. The molecule has 0 radical (unpaired) electrons. The number of carboxylic acids is 1. The molecule has 0 bridgehead atoms. The van der Waals surface area contributed by atoms with Crippen molar-refractivity contribution in [2.45, 2.75) is 37.6 Å². The van der Waals surface area contributed by atoms with Gasteiger partial charge in [0.1, 0.15) is 6.04 Å². The number of hydrogen-bond acceptors (Lipinski definition) is 4. The average molecular weight is 354 g/mol. The second-order valence-corrected chi connectivity index (χ2v) is 8.12. The largest absolute Gasteiger partial charge is 0.480 e. The van der Waals surface area contributed by atoms with Crippen molar-refractivity contribution in [3.8, 4) is 0 Å². The Bertz CT molecular complexity index is 726. The van der Waals surface area contributed by atoms with Crippen LogP contribution in [0.3, 0.4) is 0 Å². The van der Waals surface area contributed by atoms with Crippen LogP contribution in [-0.4, -0.2) is 38.0 Å². The molecule has 24 heavy (non-hydrogen) atoms. The van der Waals surface area contributed by atoms with Crippen LogP contribution in [0.15, 0.2) is 29.2 Å². The summed E-state index contributed by atoms with van der Waals surface area (Å²) in [5.41, 5.74) is 0.108. The normalized spacial score (nSPS) is 16.0. The van der Waals surface area contributed by atoms with Crippen molar-refractivity contribution in [1.29, 1.82) is 0 Å². The molecule has 1 aliphatic carbocycles. The number of hydrogen-bond donors (Lipinski definition) is 3. The van der Waals surface area contributed by atoms with Crippen LogP contribution in [-0.2, 0) is 14.8 Å². The van der Waals surface area contributed by atoms with Crippen LogP contribution >= 0.6 is 0 Å². The summed E-state index contributed by atoms with van der Waals surface area (Å²) in [7, 11) is -3.68. The maximum absolute atomic E-state index is 12.2. The van der Waals surface area contributed by atoms with E-state index in [1.165, 1.54) is 24.3 Å². The third kappa shape index (κ3) is 4.78. The van der Waals surface area contributed by atoms with Gasteiger partial charge in [0.05, 0.1) is 4.90 Å². The van der Waals surface area contributed by atoms with Gasteiger partial charge in [-0.1, -0.05) is 19.9 Å². The van der Waals surface area contributed by atoms with Crippen molar-refractivity contribution < 1.29 is 23.1 Å². The Morgan fingerprint density at radius 2 is 1.96 bits per heavy atom. The Kier molecular flexibility index (Phi) is 5.61. The zero-order chi connectivity index (χ0) is 17.9. The van der Waals surface area contributed by atoms with Crippen LogP contribution < -0.4 is 10.0 Å². The average Bonchev–Trinajstić information content (AvgIpc) is 3.34. The molecule has 0 aromatic heterocycles. The van der Waals surface area contributed by atoms with Gasteiger partial charge in [0, 0.05) is 12.1 Å². The molecular weight excluding hydrogens is 332 g/mol. The summed E-state index contributed by atoms with van der Waals surface area (Å²) in [6.45, 7) is 3.76. The molecule has 0 unspecified atom stereocenters. The lowest BCUT2D eigenvalue weighted by molar-refractivity contribution is -0.140. The van der Waals surface area contributed by atoms with Crippen molar-refractivity contribution in [1.82, 2.24) is 10.0 Å². The molecule has 0 aliphatic heterocycles. The van der Waals surface area contributed by atoms with Gasteiger partial charge >= 0.3 is 5.97 Å². The number of carbonyl (C=O) groups excluding carboxylic acids is 1. The topological polar surface area (TPSA) is 113 Å². The first-order valence-electron chi connectivity index (χ1n) is 7.84. The molecule has 1 aliphatic rings. The highest BCUT2D eigenvalue weighted by molar-refractivity contribution is 7.89. The van der Waals surface area contributed by atoms with E-state index in [0.29, 0.717) is 12.5 Å². The zero-order valence-electron chi connectivity index (χ0n) is 13.7. The third-order valence-electron chi connectivity index (χ3n) is 3.88. The lowest BCUT2D eigenvalue weighted by atomic mass is 10.0. The molecule has 3 N–H and O–H groups in total. The first-order valence-corrected chi connectivity index (χ1v) is 9.32. The van der Waals surface area contributed by atoms with Gasteiger partial charge in [0.25, 0.3) is 5.91 Å². The van der Waals surface area contributed by atoms with E-state index in [1.807, 2.05) is 0 Å². The Balaban J connectivity index is 2.13. The monoisotopic (exact) mass is 354 g/mol. The fourth-order valence-corrected chi connectivity index (χ4v) is 3.34. The fraction of sp³-hybridized carbons (Fsp3) is 0.500. The van der Waals surface area contributed by atoms with E-state index in [4.69, 9.17) is 5.11 Å². The molecule has 1 aromatic rings. The molecule has 7 nitrogen and oxygen atoms in total. The van der Waals surface area contributed by atoms with Gasteiger partial charge < -0.3 is 10.4 Å². The minimum absolute atomic E-state index is 0.00720. The maximum Gasteiger partial charge on any atom is 0.326 e. The molecule has 1 amide bonds. The van der Waals surface area contributed by atoms with Crippen LogP contribution in [0.1, 0.15) is 37.0 Å². The van der Waals surface area contributed by atoms with Crippen LogP contribution in [0.5, 0.6) is 0 Å². The second-order valence-electron chi connectivity index (χ2n) is 6.36. The molecule has 132 valence electrons. The maximum atomic E-state index is 12.2. The highest BCUT2D eigenvalue weighted by Gasteiger charge is 2.26. The van der Waals surface area contributed by atoms with Crippen molar-refractivity contribution in [3.63, 3.8) is 0 Å². The quantitative estimate of drug-likeness (QED) is 0.650. The summed E-state index contributed by atoms with van der Waals surface area (Å²) < 4.78 is 27.0. The number of benzene rings is 1. The van der Waals surface area contributed by atoms with Gasteiger partial charge in [-0.25, -0.2) is 17.9 Å². The number of nitrogens with one attached hydrogen (secondary N) is 2. The molecule has 1 saturated carbocycles. The van der Waals surface area contributed by atoms with E-state index in [0.717, 1.165) is 12.8 Å². The van der Waals surface area contributed by atoms with Crippen LogP contribution in [0.25, 0.3) is 0 Å². The van der Waals surface area contributed by atoms with Crippen molar-refractivity contribution >= 4 is 21.9 Å². The standard InChI is InChI=1S/C16H22N2O5S/c1-10(2)14(16(20)21)18-15(19)12-4-3-5-13(8-12)24(22,23)17-9-11-6-7-11/h3-5,8,10-11,14,17H,6-7,9H2,1-2H3,(H,18,19)(H,20,21)/t14-/m0/s1. The van der Waals surface area contributed by atoms with Crippen molar-refractivity contribution in [2.24, 2.45) is 11.8 Å². The second kappa shape index (κ2) is 7.31. The summed E-state index contributed by atoms with van der Waals surface area (Å²) in [6, 6.07) is 4.54. The van der Waals surface area contributed by atoms with Gasteiger partial charge in [-0.05, 0) is 42.9 Å². The minimum Gasteiger partial charge on any atom is -0.480 e. The Morgan fingerprint density at radius 3 is 2.50 bits per heavy atom. The van der Waals surface area contributed by atoms with Gasteiger partial charge in [0.15, 0.2) is 0 Å². The van der Waals surface area contributed by atoms with Crippen molar-refractivity contribution in [3.05, 3.63) is 29.8 Å². The lowest BCUT2D eigenvalue weighted by Gasteiger charge is -2.18. The Hall–Kier alpha value is -1.93. The van der Waals surface area contributed by atoms with E-state index in [-0.39, 0.29) is 16.4 Å². The van der Waals surface area contributed by atoms with E-state index < -0.39 is 27.9 Å². The summed E-state index contributed by atoms with van der Waals surface area (Å²) in [6.07, 6.45) is 2.05. The lowest BCUT2D eigenvalue weighted by Crippen LogP contribution is -2.44. The minimum atomic E-state index is -3.68. The summed E-state index contributed by atoms with van der Waals surface area (Å²) in [4.78, 5) is 23.4. The first kappa shape index (κ1) is 18.4. The summed E-state index contributed by atoms with van der Waals surface area (Å²) in [5, 5.41) is 11.5. The number of rotatable bonds is 8. The molecule has 1 aromatic carbocycles. The molecule has 1 fully saturated rings. The van der Waals surface area contributed by atoms with Gasteiger partial charge in [-0.15, -0.1) is 0 Å². The SMILES string of the molecule is CC(C)[C@H](NC(=O)c1cccc(S(=O)(=O)NCC2CC2)c1)C(=O)O. The number of carbonyl (C=O) groups is 2. The fourth-order valence-electron chi connectivity index (χ4n) is 2.18. The highest BCUT2D eigenvalue weighted by atomic mass is 32.2. The van der Waals surface area contributed by atoms with E-state index in [2.05, 4.69) is 10.0 Å². The first-order chi connectivity index (χ1) is 11.2. The zero-order valence-corrected chi connectivity index (χ0v) is 14.5. The van der Waals surface area contributed by atoms with Crippen LogP contribution in [0, 0.1) is 11.8 Å². The molecular formula is C16H22N2O5S. The molecule has 2 rings (SSSR count). The molecule has 0 spiro atoms. The number of amides is 1. The van der Waals surface area contributed by atoms with Gasteiger partial charge in [0.2, 0.25) is 10.0 Å². The van der Waals surface area contributed by atoms with E-state index in [9.17, 15) is 18.0 Å². The summed E-state index contributed by atoms with van der Waals surface area (Å²) in [5.74, 6) is -1.64. The van der Waals surface area contributed by atoms with Crippen LogP contribution in [0.4, 0.5) is 0 Å². The van der Waals surface area contributed by atoms with Crippen molar-refractivity contribution in [2.75, 3.05) is 6.54 Å². The number of carboxylic acid groups (broad SMARTS) is 1. The Morgan fingerprint density at radius 1 is 1.29 bits per heavy atom. The van der Waals surface area contributed by atoms with E-state index in [1.54, 1.807) is 13.8 Å². The summed E-state index contributed by atoms with van der Waals surface area (Å²) >= 11 is 0. The van der Waals surface area contributed by atoms with Gasteiger partial charge in [-0.2, -0.15) is 0 Å². The Labute approximate surface area is 141 Å². The molecule has 1 atom stereocenters. The molecule has 0 heterocycles. The molecule has 0 saturated heterocycles. The van der Waals surface area contributed by atoms with E-state index >= 15 is 0 Å². The molecule has 8 heteroatoms. The smallest absolute Gasteiger partial charge is 0.326 e. The predicted molar refractivity (Wildman–Crippen MR) is 88.1 cm³/mol. The third-order valence-corrected chi connectivity index (χ3v) is 5.31. The van der Waals surface area contributed by atoms with Gasteiger partial charge in [-0.3, -0.25) is 4.79 Å². The van der Waals surface area contributed by atoms with Crippen LogP contribution in [0.2, 0.25) is 0 Å². The number of sulfonamides is 1. The number of aliphatic carboxylic acids is 1.